The second-order valence-corrected chi connectivity index (χ2v) is 4.52. The molecule has 0 fully saturated rings. The van der Waals surface area contributed by atoms with E-state index in [2.05, 4.69) is 20.8 Å². The number of ether oxygens (including phenoxy) is 1. The molecule has 0 spiro atoms. The van der Waals surface area contributed by atoms with Crippen LogP contribution in [-0.4, -0.2) is 30.3 Å². The van der Waals surface area contributed by atoms with Crippen molar-refractivity contribution in [3.05, 3.63) is 47.7 Å². The summed E-state index contributed by atoms with van der Waals surface area (Å²) < 4.78 is 5.13. The summed E-state index contributed by atoms with van der Waals surface area (Å²) >= 11 is 0. The number of rotatable bonds is 5. The molecule has 2 rings (SSSR count). The van der Waals surface area contributed by atoms with Crippen LogP contribution in [0.25, 0.3) is 0 Å². The van der Waals surface area contributed by atoms with E-state index in [4.69, 9.17) is 4.74 Å². The van der Waals surface area contributed by atoms with Crippen molar-refractivity contribution in [1.29, 1.82) is 0 Å². The summed E-state index contributed by atoms with van der Waals surface area (Å²) in [6.45, 7) is 2.02. The third-order valence-electron chi connectivity index (χ3n) is 3.10. The van der Waals surface area contributed by atoms with Crippen LogP contribution in [0, 0.1) is 0 Å². The number of carbonyl (C=O) groups excluding carboxylic acids is 1. The monoisotopic (exact) mass is 286 g/mol. The van der Waals surface area contributed by atoms with Crippen LogP contribution in [0.4, 0.5) is 5.82 Å². The summed E-state index contributed by atoms with van der Waals surface area (Å²) in [5.41, 5.74) is 1.40. The molecule has 1 amide bonds. The second kappa shape index (κ2) is 6.69. The lowest BCUT2D eigenvalue weighted by atomic mass is 10.1. The number of carbonyl (C=O) groups is 1. The number of amides is 1. The molecule has 6 heteroatoms. The number of aromatic nitrogens is 2. The van der Waals surface area contributed by atoms with Crippen LogP contribution in [0.15, 0.2) is 36.4 Å². The number of hydrogen-bond acceptors (Lipinski definition) is 5. The first kappa shape index (κ1) is 14.8. The average Bonchev–Trinajstić information content (AvgIpc) is 2.55. The SMILES string of the molecule is CNC(=O)c1ccc(NC(C)c2ccc(OC)cc2)nn1. The maximum atomic E-state index is 11.4. The van der Waals surface area contributed by atoms with Crippen molar-refractivity contribution in [3.63, 3.8) is 0 Å². The Balaban J connectivity index is 2.04. The molecule has 0 aliphatic rings. The molecule has 1 unspecified atom stereocenters. The fourth-order valence-corrected chi connectivity index (χ4v) is 1.86. The number of anilines is 1. The van der Waals surface area contributed by atoms with Crippen LogP contribution in [0.3, 0.4) is 0 Å². The van der Waals surface area contributed by atoms with Gasteiger partial charge in [-0.05, 0) is 36.8 Å². The molecule has 110 valence electrons. The van der Waals surface area contributed by atoms with Gasteiger partial charge in [0.1, 0.15) is 11.6 Å². The molecule has 21 heavy (non-hydrogen) atoms. The van der Waals surface area contributed by atoms with Crippen LogP contribution < -0.4 is 15.4 Å². The van der Waals surface area contributed by atoms with Crippen molar-refractivity contribution in [2.45, 2.75) is 13.0 Å². The minimum absolute atomic E-state index is 0.0658. The normalized spacial score (nSPS) is 11.6. The molecule has 2 aromatic rings. The maximum Gasteiger partial charge on any atom is 0.271 e. The predicted octanol–water partition coefficient (Wildman–Crippen LogP) is 2.02. The lowest BCUT2D eigenvalue weighted by Crippen LogP contribution is -2.20. The molecule has 1 atom stereocenters. The van der Waals surface area contributed by atoms with E-state index < -0.39 is 0 Å². The van der Waals surface area contributed by atoms with Gasteiger partial charge in [0.05, 0.1) is 13.2 Å². The van der Waals surface area contributed by atoms with Crippen LogP contribution in [0.2, 0.25) is 0 Å². The highest BCUT2D eigenvalue weighted by Gasteiger charge is 2.09. The second-order valence-electron chi connectivity index (χ2n) is 4.52. The highest BCUT2D eigenvalue weighted by Crippen LogP contribution is 2.20. The summed E-state index contributed by atoms with van der Waals surface area (Å²) in [5.74, 6) is 1.18. The minimum Gasteiger partial charge on any atom is -0.497 e. The molecule has 0 aliphatic carbocycles. The standard InChI is InChI=1S/C15H18N4O2/c1-10(11-4-6-12(21-3)7-5-11)17-14-9-8-13(18-19-14)15(20)16-2/h4-10H,1-3H3,(H,16,20)(H,17,19). The summed E-state index contributed by atoms with van der Waals surface area (Å²) in [6.07, 6.45) is 0. The molecule has 1 aromatic heterocycles. The molecule has 1 aromatic carbocycles. The number of methoxy groups -OCH3 is 1. The van der Waals surface area contributed by atoms with Gasteiger partial charge in [-0.1, -0.05) is 12.1 Å². The first-order chi connectivity index (χ1) is 10.1. The van der Waals surface area contributed by atoms with Crippen LogP contribution in [0.1, 0.15) is 29.0 Å². The number of nitrogens with zero attached hydrogens (tertiary/aromatic N) is 2. The van der Waals surface area contributed by atoms with E-state index in [1.165, 1.54) is 0 Å². The van der Waals surface area contributed by atoms with Gasteiger partial charge in [0.25, 0.3) is 5.91 Å². The van der Waals surface area contributed by atoms with Gasteiger partial charge in [-0.2, -0.15) is 0 Å². The Labute approximate surface area is 123 Å². The van der Waals surface area contributed by atoms with E-state index in [0.717, 1.165) is 11.3 Å². The Hall–Kier alpha value is -2.63. The minimum atomic E-state index is -0.253. The van der Waals surface area contributed by atoms with Crippen molar-refractivity contribution in [2.24, 2.45) is 0 Å². The van der Waals surface area contributed by atoms with Gasteiger partial charge in [0.2, 0.25) is 0 Å². The van der Waals surface area contributed by atoms with E-state index in [9.17, 15) is 4.79 Å². The van der Waals surface area contributed by atoms with Gasteiger partial charge in [0.15, 0.2) is 5.69 Å². The molecule has 0 aliphatic heterocycles. The molecule has 2 N–H and O–H groups in total. The topological polar surface area (TPSA) is 76.1 Å². The van der Waals surface area contributed by atoms with Gasteiger partial charge in [-0.15, -0.1) is 10.2 Å². The zero-order valence-electron chi connectivity index (χ0n) is 12.3. The molecule has 0 saturated heterocycles. The smallest absolute Gasteiger partial charge is 0.271 e. The van der Waals surface area contributed by atoms with Crippen molar-refractivity contribution in [2.75, 3.05) is 19.5 Å². The third-order valence-corrected chi connectivity index (χ3v) is 3.10. The maximum absolute atomic E-state index is 11.4. The fraction of sp³-hybridized carbons (Fsp3) is 0.267. The van der Waals surface area contributed by atoms with Crippen LogP contribution in [0.5, 0.6) is 5.75 Å². The van der Waals surface area contributed by atoms with Gasteiger partial charge >= 0.3 is 0 Å². The average molecular weight is 286 g/mol. The predicted molar refractivity (Wildman–Crippen MR) is 80.5 cm³/mol. The highest BCUT2D eigenvalue weighted by atomic mass is 16.5. The first-order valence-electron chi connectivity index (χ1n) is 6.60. The summed E-state index contributed by atoms with van der Waals surface area (Å²) in [6, 6.07) is 11.2. The van der Waals surface area contributed by atoms with Gasteiger partial charge in [-0.3, -0.25) is 4.79 Å². The molecule has 0 bridgehead atoms. The molecule has 0 radical (unpaired) electrons. The van der Waals surface area contributed by atoms with E-state index in [0.29, 0.717) is 11.5 Å². The molecular formula is C15H18N4O2. The Morgan fingerprint density at radius 2 is 1.86 bits per heavy atom. The van der Waals surface area contributed by atoms with E-state index in [1.54, 1.807) is 26.3 Å². The molecule has 0 saturated carbocycles. The third kappa shape index (κ3) is 3.68. The summed E-state index contributed by atoms with van der Waals surface area (Å²) in [4.78, 5) is 11.4. The zero-order chi connectivity index (χ0) is 15.2. The number of benzene rings is 1. The van der Waals surface area contributed by atoms with Crippen molar-refractivity contribution in [1.82, 2.24) is 15.5 Å². The Kier molecular flexibility index (Phi) is 4.71. The summed E-state index contributed by atoms with van der Waals surface area (Å²) in [5, 5.41) is 13.6. The highest BCUT2D eigenvalue weighted by molar-refractivity contribution is 5.91. The number of hydrogen-bond donors (Lipinski definition) is 2. The van der Waals surface area contributed by atoms with Crippen LogP contribution >= 0.6 is 0 Å². The zero-order valence-corrected chi connectivity index (χ0v) is 12.3. The summed E-state index contributed by atoms with van der Waals surface area (Å²) in [7, 11) is 3.20. The van der Waals surface area contributed by atoms with Crippen molar-refractivity contribution >= 4 is 11.7 Å². The molecule has 6 nitrogen and oxygen atoms in total. The Bertz CT molecular complexity index is 596. The largest absolute Gasteiger partial charge is 0.497 e. The fourth-order valence-electron chi connectivity index (χ4n) is 1.86. The van der Waals surface area contributed by atoms with Crippen molar-refractivity contribution in [3.8, 4) is 5.75 Å². The van der Waals surface area contributed by atoms with Gasteiger partial charge < -0.3 is 15.4 Å². The first-order valence-corrected chi connectivity index (χ1v) is 6.60. The van der Waals surface area contributed by atoms with Gasteiger partial charge in [0, 0.05) is 7.05 Å². The lowest BCUT2D eigenvalue weighted by Gasteiger charge is -2.15. The lowest BCUT2D eigenvalue weighted by molar-refractivity contribution is 0.0957. The molecular weight excluding hydrogens is 268 g/mol. The Morgan fingerprint density at radius 3 is 2.38 bits per heavy atom. The van der Waals surface area contributed by atoms with Gasteiger partial charge in [-0.25, -0.2) is 0 Å². The van der Waals surface area contributed by atoms with E-state index >= 15 is 0 Å². The van der Waals surface area contributed by atoms with E-state index in [-0.39, 0.29) is 11.9 Å². The van der Waals surface area contributed by atoms with Crippen LogP contribution in [-0.2, 0) is 0 Å². The number of nitrogens with one attached hydrogen (secondary N) is 2. The molecule has 1 heterocycles. The quantitative estimate of drug-likeness (QED) is 0.879. The Morgan fingerprint density at radius 1 is 1.14 bits per heavy atom. The van der Waals surface area contributed by atoms with E-state index in [1.807, 2.05) is 31.2 Å². The van der Waals surface area contributed by atoms with Crippen molar-refractivity contribution < 1.29 is 9.53 Å².